The fourth-order valence-electron chi connectivity index (χ4n) is 2.28. The van der Waals surface area contributed by atoms with Crippen LogP contribution in [0.2, 0.25) is 0 Å². The van der Waals surface area contributed by atoms with Crippen molar-refractivity contribution in [2.45, 2.75) is 51.2 Å². The van der Waals surface area contributed by atoms with Crippen molar-refractivity contribution in [2.75, 3.05) is 17.3 Å². The van der Waals surface area contributed by atoms with E-state index in [0.717, 1.165) is 25.7 Å². The molecule has 0 bridgehead atoms. The molecule has 4 nitrogen and oxygen atoms in total. The van der Waals surface area contributed by atoms with Crippen molar-refractivity contribution < 1.29 is 16.8 Å². The lowest BCUT2D eigenvalue weighted by Gasteiger charge is -2.21. The van der Waals surface area contributed by atoms with Crippen LogP contribution in [0.5, 0.6) is 0 Å². The second-order valence-electron chi connectivity index (χ2n) is 5.53. The minimum Gasteiger partial charge on any atom is -0.229 e. The van der Waals surface area contributed by atoms with Crippen LogP contribution < -0.4 is 0 Å². The molecule has 0 heterocycles. The maximum absolute atomic E-state index is 11.9. The Bertz CT molecular complexity index is 442. The summed E-state index contributed by atoms with van der Waals surface area (Å²) in [6, 6.07) is 0. The fraction of sp³-hybridized carbons (Fsp3) is 1.00. The number of hydrogen-bond donors (Lipinski definition) is 0. The van der Waals surface area contributed by atoms with Gasteiger partial charge in [-0.3, -0.25) is 0 Å². The lowest BCUT2D eigenvalue weighted by Crippen LogP contribution is -2.27. The standard InChI is InChI=1S/C12H24O4S2/c1-11(2)18(15,16)9-8-17(13,14)10-12-6-4-3-5-7-12/h11-12H,3-10H2,1-2H3. The molecule has 0 spiro atoms. The molecular formula is C12H24O4S2. The Kier molecular flexibility index (Phi) is 5.65. The summed E-state index contributed by atoms with van der Waals surface area (Å²) >= 11 is 0. The Morgan fingerprint density at radius 1 is 0.944 bits per heavy atom. The molecule has 0 atom stereocenters. The van der Waals surface area contributed by atoms with Gasteiger partial charge in [-0.05, 0) is 32.6 Å². The molecule has 0 amide bonds. The van der Waals surface area contributed by atoms with Crippen LogP contribution >= 0.6 is 0 Å². The zero-order chi connectivity index (χ0) is 13.8. The molecule has 1 fully saturated rings. The first-order valence-corrected chi connectivity index (χ1v) is 10.2. The molecule has 0 aromatic carbocycles. The zero-order valence-corrected chi connectivity index (χ0v) is 12.9. The molecule has 0 aromatic heterocycles. The number of rotatable bonds is 6. The van der Waals surface area contributed by atoms with E-state index in [2.05, 4.69) is 0 Å². The topological polar surface area (TPSA) is 68.3 Å². The Labute approximate surface area is 111 Å². The lowest BCUT2D eigenvalue weighted by atomic mass is 9.91. The number of hydrogen-bond acceptors (Lipinski definition) is 4. The second-order valence-corrected chi connectivity index (χ2v) is 10.4. The third-order valence-corrected chi connectivity index (χ3v) is 7.88. The van der Waals surface area contributed by atoms with Gasteiger partial charge in [-0.15, -0.1) is 0 Å². The molecule has 0 saturated heterocycles. The van der Waals surface area contributed by atoms with Crippen LogP contribution in [0, 0.1) is 5.92 Å². The van der Waals surface area contributed by atoms with Gasteiger partial charge in [-0.2, -0.15) is 0 Å². The second kappa shape index (κ2) is 6.37. The van der Waals surface area contributed by atoms with E-state index in [1.165, 1.54) is 6.42 Å². The monoisotopic (exact) mass is 296 g/mol. The third-order valence-electron chi connectivity index (χ3n) is 3.61. The van der Waals surface area contributed by atoms with Crippen LogP contribution in [0.4, 0.5) is 0 Å². The quantitative estimate of drug-likeness (QED) is 0.749. The molecule has 18 heavy (non-hydrogen) atoms. The summed E-state index contributed by atoms with van der Waals surface area (Å²) in [4.78, 5) is 0. The molecule has 0 N–H and O–H groups in total. The smallest absolute Gasteiger partial charge is 0.153 e. The highest BCUT2D eigenvalue weighted by molar-refractivity contribution is 7.95. The van der Waals surface area contributed by atoms with Gasteiger partial charge in [0.05, 0.1) is 22.5 Å². The van der Waals surface area contributed by atoms with Gasteiger partial charge in [-0.1, -0.05) is 19.3 Å². The Morgan fingerprint density at radius 3 is 2.00 bits per heavy atom. The minimum atomic E-state index is -3.25. The zero-order valence-electron chi connectivity index (χ0n) is 11.3. The first-order chi connectivity index (χ1) is 8.23. The SMILES string of the molecule is CC(C)S(=O)(=O)CCS(=O)(=O)CC1CCCCC1. The van der Waals surface area contributed by atoms with E-state index in [-0.39, 0.29) is 23.2 Å². The maximum Gasteiger partial charge on any atom is 0.153 e. The Hall–Kier alpha value is -0.100. The fourth-order valence-corrected chi connectivity index (χ4v) is 5.91. The van der Waals surface area contributed by atoms with E-state index in [1.807, 2.05) is 0 Å². The molecule has 0 aromatic rings. The summed E-state index contributed by atoms with van der Waals surface area (Å²) in [6.07, 6.45) is 5.33. The molecular weight excluding hydrogens is 272 g/mol. The predicted molar refractivity (Wildman–Crippen MR) is 74.2 cm³/mol. The molecule has 0 unspecified atom stereocenters. The first kappa shape index (κ1) is 16.0. The lowest BCUT2D eigenvalue weighted by molar-refractivity contribution is 0.385. The normalized spacial score (nSPS) is 19.3. The molecule has 1 rings (SSSR count). The van der Waals surface area contributed by atoms with Crippen LogP contribution in [0.1, 0.15) is 46.0 Å². The molecule has 108 valence electrons. The first-order valence-electron chi connectivity index (χ1n) is 6.65. The Morgan fingerprint density at radius 2 is 1.50 bits per heavy atom. The molecule has 1 saturated carbocycles. The van der Waals surface area contributed by atoms with Crippen molar-refractivity contribution in [3.8, 4) is 0 Å². The van der Waals surface area contributed by atoms with Crippen LogP contribution in [-0.2, 0) is 19.7 Å². The summed E-state index contributed by atoms with van der Waals surface area (Å²) in [6.45, 7) is 3.17. The predicted octanol–water partition coefficient (Wildman–Crippen LogP) is 1.80. The average molecular weight is 296 g/mol. The highest BCUT2D eigenvalue weighted by Crippen LogP contribution is 2.25. The van der Waals surface area contributed by atoms with E-state index in [0.29, 0.717) is 0 Å². The maximum atomic E-state index is 11.9. The molecule has 0 radical (unpaired) electrons. The molecule has 0 aliphatic heterocycles. The third kappa shape index (κ3) is 5.26. The van der Waals surface area contributed by atoms with Crippen molar-refractivity contribution in [1.29, 1.82) is 0 Å². The van der Waals surface area contributed by atoms with Crippen LogP contribution in [0.25, 0.3) is 0 Å². The highest BCUT2D eigenvalue weighted by atomic mass is 32.2. The van der Waals surface area contributed by atoms with Gasteiger partial charge in [0.15, 0.2) is 19.7 Å². The van der Waals surface area contributed by atoms with Crippen LogP contribution in [0.3, 0.4) is 0 Å². The van der Waals surface area contributed by atoms with Gasteiger partial charge < -0.3 is 0 Å². The van der Waals surface area contributed by atoms with Gasteiger partial charge in [0.2, 0.25) is 0 Å². The highest BCUT2D eigenvalue weighted by Gasteiger charge is 2.24. The minimum absolute atomic E-state index is 0.167. The van der Waals surface area contributed by atoms with Gasteiger partial charge in [0.1, 0.15) is 0 Å². The van der Waals surface area contributed by atoms with Gasteiger partial charge in [0.25, 0.3) is 0 Å². The van der Waals surface area contributed by atoms with Gasteiger partial charge >= 0.3 is 0 Å². The molecule has 1 aliphatic carbocycles. The van der Waals surface area contributed by atoms with E-state index >= 15 is 0 Å². The van der Waals surface area contributed by atoms with Crippen molar-refractivity contribution in [3.63, 3.8) is 0 Å². The Balaban J connectivity index is 2.49. The van der Waals surface area contributed by atoms with E-state index < -0.39 is 24.9 Å². The summed E-state index contributed by atoms with van der Waals surface area (Å²) in [7, 11) is -6.48. The van der Waals surface area contributed by atoms with Crippen molar-refractivity contribution in [2.24, 2.45) is 5.92 Å². The van der Waals surface area contributed by atoms with Crippen molar-refractivity contribution >= 4 is 19.7 Å². The van der Waals surface area contributed by atoms with Gasteiger partial charge in [-0.25, -0.2) is 16.8 Å². The summed E-state index contributed by atoms with van der Waals surface area (Å²) in [5, 5.41) is -0.498. The van der Waals surface area contributed by atoms with Crippen molar-refractivity contribution in [1.82, 2.24) is 0 Å². The number of sulfone groups is 2. The summed E-state index contributed by atoms with van der Waals surface area (Å²) in [5.41, 5.74) is 0. The summed E-state index contributed by atoms with van der Waals surface area (Å²) < 4.78 is 47.0. The summed E-state index contributed by atoms with van der Waals surface area (Å²) in [5.74, 6) is -0.0461. The van der Waals surface area contributed by atoms with Gasteiger partial charge in [0, 0.05) is 0 Å². The van der Waals surface area contributed by atoms with E-state index in [1.54, 1.807) is 13.8 Å². The van der Waals surface area contributed by atoms with Crippen LogP contribution in [0.15, 0.2) is 0 Å². The van der Waals surface area contributed by atoms with E-state index in [4.69, 9.17) is 0 Å². The van der Waals surface area contributed by atoms with Crippen LogP contribution in [-0.4, -0.2) is 39.3 Å². The average Bonchev–Trinajstić information content (AvgIpc) is 2.27. The molecule has 6 heteroatoms. The largest absolute Gasteiger partial charge is 0.229 e. The molecule has 1 aliphatic rings. The van der Waals surface area contributed by atoms with E-state index in [9.17, 15) is 16.8 Å². The van der Waals surface area contributed by atoms with Crippen molar-refractivity contribution in [3.05, 3.63) is 0 Å².